The van der Waals surface area contributed by atoms with Crippen LogP contribution in [0.15, 0.2) is 60.8 Å². The highest BCUT2D eigenvalue weighted by atomic mass is 16.5. The van der Waals surface area contributed by atoms with E-state index in [1.807, 2.05) is 36.5 Å². The molecule has 3 heteroatoms. The van der Waals surface area contributed by atoms with Gasteiger partial charge < -0.3 is 14.0 Å². The fraction of sp³-hybridized carbons (Fsp3) is 0.176. The summed E-state index contributed by atoms with van der Waals surface area (Å²) >= 11 is 0. The third kappa shape index (κ3) is 2.53. The molecule has 0 atom stereocenters. The van der Waals surface area contributed by atoms with Crippen LogP contribution in [0.2, 0.25) is 0 Å². The van der Waals surface area contributed by atoms with Gasteiger partial charge in [-0.1, -0.05) is 36.4 Å². The molecule has 0 aliphatic heterocycles. The summed E-state index contributed by atoms with van der Waals surface area (Å²) in [5.74, 6) is 0.904. The number of hydrogen-bond acceptors (Lipinski definition) is 2. The summed E-state index contributed by atoms with van der Waals surface area (Å²) in [4.78, 5) is 0. The molecule has 0 radical (unpaired) electrons. The molecule has 0 unspecified atom stereocenters. The molecular formula is C17H17NO2. The fourth-order valence-electron chi connectivity index (χ4n) is 2.31. The second-order valence-corrected chi connectivity index (χ2v) is 4.67. The van der Waals surface area contributed by atoms with Gasteiger partial charge >= 0.3 is 0 Å². The number of rotatable bonds is 5. The van der Waals surface area contributed by atoms with Crippen LogP contribution >= 0.6 is 0 Å². The molecule has 0 bridgehead atoms. The van der Waals surface area contributed by atoms with Crippen LogP contribution in [0.3, 0.4) is 0 Å². The quantitative estimate of drug-likeness (QED) is 0.701. The number of aromatic nitrogens is 1. The van der Waals surface area contributed by atoms with E-state index in [9.17, 15) is 0 Å². The highest BCUT2D eigenvalue weighted by Gasteiger charge is 2.06. The molecule has 0 saturated carbocycles. The fourth-order valence-corrected chi connectivity index (χ4v) is 2.31. The van der Waals surface area contributed by atoms with E-state index in [4.69, 9.17) is 9.47 Å². The van der Waals surface area contributed by atoms with Gasteiger partial charge in [-0.15, -0.1) is 0 Å². The minimum absolute atomic E-state index is 0.547. The first-order valence-electron chi connectivity index (χ1n) is 6.62. The summed E-state index contributed by atoms with van der Waals surface area (Å²) in [7, 11) is 1.70. The van der Waals surface area contributed by atoms with Crippen molar-refractivity contribution in [2.45, 2.75) is 13.3 Å². The average molecular weight is 267 g/mol. The predicted octanol–water partition coefficient (Wildman–Crippen LogP) is 3.82. The Morgan fingerprint density at radius 1 is 0.950 bits per heavy atom. The van der Waals surface area contributed by atoms with Gasteiger partial charge in [0.05, 0.1) is 5.52 Å². The first-order valence-corrected chi connectivity index (χ1v) is 6.62. The SMILES string of the molecule is COCn1ccc2c(OCc3ccccc3)cccc21. The molecule has 0 saturated heterocycles. The Kier molecular flexibility index (Phi) is 3.70. The molecule has 0 amide bonds. The molecule has 20 heavy (non-hydrogen) atoms. The van der Waals surface area contributed by atoms with Gasteiger partial charge in [0.25, 0.3) is 0 Å². The van der Waals surface area contributed by atoms with Gasteiger partial charge in [-0.05, 0) is 23.8 Å². The molecule has 102 valence electrons. The Hall–Kier alpha value is -2.26. The maximum absolute atomic E-state index is 5.94. The van der Waals surface area contributed by atoms with Crippen molar-refractivity contribution in [1.29, 1.82) is 0 Å². The average Bonchev–Trinajstić information content (AvgIpc) is 2.91. The minimum atomic E-state index is 0.547. The van der Waals surface area contributed by atoms with Crippen LogP contribution in [0, 0.1) is 0 Å². The van der Waals surface area contributed by atoms with Crippen LogP contribution in [0.25, 0.3) is 10.9 Å². The molecular weight excluding hydrogens is 250 g/mol. The largest absolute Gasteiger partial charge is 0.488 e. The number of ether oxygens (including phenoxy) is 2. The van der Waals surface area contributed by atoms with E-state index in [1.165, 1.54) is 5.56 Å². The van der Waals surface area contributed by atoms with Gasteiger partial charge in [0, 0.05) is 18.7 Å². The number of fused-ring (bicyclic) bond motifs is 1. The molecule has 3 nitrogen and oxygen atoms in total. The molecule has 0 aliphatic carbocycles. The Morgan fingerprint density at radius 3 is 2.60 bits per heavy atom. The smallest absolute Gasteiger partial charge is 0.129 e. The number of methoxy groups -OCH3 is 1. The molecule has 3 aromatic rings. The van der Waals surface area contributed by atoms with E-state index in [2.05, 4.69) is 28.8 Å². The van der Waals surface area contributed by atoms with Crippen molar-refractivity contribution in [3.63, 3.8) is 0 Å². The Morgan fingerprint density at radius 2 is 1.80 bits per heavy atom. The van der Waals surface area contributed by atoms with Gasteiger partial charge in [0.1, 0.15) is 19.1 Å². The summed E-state index contributed by atoms with van der Waals surface area (Å²) < 4.78 is 13.2. The van der Waals surface area contributed by atoms with Gasteiger partial charge in [-0.3, -0.25) is 0 Å². The van der Waals surface area contributed by atoms with Crippen LogP contribution in [-0.2, 0) is 18.1 Å². The molecule has 1 heterocycles. The minimum Gasteiger partial charge on any atom is -0.488 e. The highest BCUT2D eigenvalue weighted by Crippen LogP contribution is 2.27. The Labute approximate surface area is 118 Å². The zero-order chi connectivity index (χ0) is 13.8. The summed E-state index contributed by atoms with van der Waals surface area (Å²) in [5.41, 5.74) is 2.29. The van der Waals surface area contributed by atoms with Gasteiger partial charge in [-0.25, -0.2) is 0 Å². The molecule has 0 fully saturated rings. The van der Waals surface area contributed by atoms with Crippen molar-refractivity contribution in [1.82, 2.24) is 4.57 Å². The van der Waals surface area contributed by atoms with Crippen LogP contribution in [-0.4, -0.2) is 11.7 Å². The lowest BCUT2D eigenvalue weighted by atomic mass is 10.2. The second-order valence-electron chi connectivity index (χ2n) is 4.67. The summed E-state index contributed by atoms with van der Waals surface area (Å²) in [6.45, 7) is 1.13. The van der Waals surface area contributed by atoms with Crippen LogP contribution in [0.1, 0.15) is 5.56 Å². The van der Waals surface area contributed by atoms with E-state index >= 15 is 0 Å². The van der Waals surface area contributed by atoms with E-state index < -0.39 is 0 Å². The normalized spacial score (nSPS) is 10.8. The summed E-state index contributed by atoms with van der Waals surface area (Å²) in [5, 5.41) is 1.11. The first-order chi connectivity index (χ1) is 9.88. The molecule has 0 aliphatic rings. The van der Waals surface area contributed by atoms with E-state index in [-0.39, 0.29) is 0 Å². The maximum atomic E-state index is 5.94. The van der Waals surface area contributed by atoms with Crippen molar-refractivity contribution >= 4 is 10.9 Å². The third-order valence-corrected chi connectivity index (χ3v) is 3.28. The van der Waals surface area contributed by atoms with Crippen molar-refractivity contribution in [2.75, 3.05) is 7.11 Å². The van der Waals surface area contributed by atoms with Crippen molar-refractivity contribution in [3.05, 3.63) is 66.4 Å². The molecule has 0 spiro atoms. The van der Waals surface area contributed by atoms with Gasteiger partial charge in [-0.2, -0.15) is 0 Å². The number of benzene rings is 2. The van der Waals surface area contributed by atoms with E-state index in [1.54, 1.807) is 7.11 Å². The third-order valence-electron chi connectivity index (χ3n) is 3.28. The standard InChI is InChI=1S/C17H17NO2/c1-19-13-18-11-10-15-16(18)8-5-9-17(15)20-12-14-6-3-2-4-7-14/h2-11H,12-13H2,1H3. The van der Waals surface area contributed by atoms with Crippen molar-refractivity contribution in [3.8, 4) is 5.75 Å². The number of nitrogens with zero attached hydrogens (tertiary/aromatic N) is 1. The lowest BCUT2D eigenvalue weighted by molar-refractivity contribution is 0.135. The van der Waals surface area contributed by atoms with Crippen LogP contribution < -0.4 is 4.74 Å². The Balaban J connectivity index is 1.85. The first kappa shape index (κ1) is 12.8. The molecule has 1 aromatic heterocycles. The van der Waals surface area contributed by atoms with Gasteiger partial charge in [0.2, 0.25) is 0 Å². The van der Waals surface area contributed by atoms with E-state index in [0.717, 1.165) is 16.7 Å². The monoisotopic (exact) mass is 267 g/mol. The zero-order valence-corrected chi connectivity index (χ0v) is 11.5. The summed E-state index contributed by atoms with van der Waals surface area (Å²) in [6.07, 6.45) is 2.02. The van der Waals surface area contributed by atoms with Gasteiger partial charge in [0.15, 0.2) is 0 Å². The second kappa shape index (κ2) is 5.80. The zero-order valence-electron chi connectivity index (χ0n) is 11.5. The molecule has 0 N–H and O–H groups in total. The van der Waals surface area contributed by atoms with Crippen molar-refractivity contribution < 1.29 is 9.47 Å². The molecule has 2 aromatic carbocycles. The van der Waals surface area contributed by atoms with Crippen LogP contribution in [0.5, 0.6) is 5.75 Å². The predicted molar refractivity (Wildman–Crippen MR) is 79.7 cm³/mol. The maximum Gasteiger partial charge on any atom is 0.129 e. The van der Waals surface area contributed by atoms with E-state index in [0.29, 0.717) is 13.3 Å². The molecule has 3 rings (SSSR count). The summed E-state index contributed by atoms with van der Waals surface area (Å²) in [6, 6.07) is 18.3. The highest BCUT2D eigenvalue weighted by molar-refractivity contribution is 5.86. The number of hydrogen-bond donors (Lipinski definition) is 0. The topological polar surface area (TPSA) is 23.4 Å². The van der Waals surface area contributed by atoms with Crippen LogP contribution in [0.4, 0.5) is 0 Å². The lowest BCUT2D eigenvalue weighted by Crippen LogP contribution is -1.98. The van der Waals surface area contributed by atoms with Crippen molar-refractivity contribution in [2.24, 2.45) is 0 Å². The lowest BCUT2D eigenvalue weighted by Gasteiger charge is -2.09. The Bertz CT molecular complexity index is 689.